The Kier molecular flexibility index (Phi) is 11.0. The summed E-state index contributed by atoms with van der Waals surface area (Å²) in [5.41, 5.74) is 7.93. The molecule has 0 bridgehead atoms. The first-order valence-corrected chi connectivity index (χ1v) is 15.7. The number of aliphatic hydroxyl groups is 1. The number of rotatable bonds is 14. The fraction of sp³-hybridized carbons (Fsp3) is 0.406. The molecular formula is C32H41N3O6S. The molecule has 4 N–H and O–H groups in total. The maximum absolute atomic E-state index is 13.6. The monoisotopic (exact) mass is 595 g/mol. The van der Waals surface area contributed by atoms with Gasteiger partial charge in [0.1, 0.15) is 11.9 Å². The Bertz CT molecular complexity index is 1380. The van der Waals surface area contributed by atoms with Crippen LogP contribution < -0.4 is 15.8 Å². The standard InChI is InChI=1S/C32H41N3O6S/c1-23(2)20-35(42(38,39)29-14-10-26(33)11-15-29)21-31(36)30(18-24-6-4-3-5-7-24)34-32(37)19-25-8-12-27(13-9-25)41-28-16-17-40-22-28/h3-15,23,28,30-31,36H,16-22,33H2,1-2H3,(H,34,37)/t28-,30+,31-/m1/s1. The average Bonchev–Trinajstić information content (AvgIpc) is 3.47. The molecule has 0 radical (unpaired) electrons. The third kappa shape index (κ3) is 9.03. The molecule has 0 aliphatic carbocycles. The highest BCUT2D eigenvalue weighted by Gasteiger charge is 2.31. The largest absolute Gasteiger partial charge is 0.488 e. The Morgan fingerprint density at radius 1 is 1.02 bits per heavy atom. The number of carbonyl (C=O) groups is 1. The third-order valence-electron chi connectivity index (χ3n) is 7.07. The Labute approximate surface area is 248 Å². The minimum Gasteiger partial charge on any atom is -0.488 e. The molecule has 3 aromatic rings. The van der Waals surface area contributed by atoms with Crippen LogP contribution in [0.15, 0.2) is 83.8 Å². The lowest BCUT2D eigenvalue weighted by atomic mass is 10.00. The smallest absolute Gasteiger partial charge is 0.243 e. The van der Waals surface area contributed by atoms with Crippen molar-refractivity contribution in [1.29, 1.82) is 0 Å². The van der Waals surface area contributed by atoms with E-state index in [2.05, 4.69) is 5.32 Å². The van der Waals surface area contributed by atoms with Crippen LogP contribution >= 0.6 is 0 Å². The molecule has 1 aliphatic rings. The average molecular weight is 596 g/mol. The number of amides is 1. The van der Waals surface area contributed by atoms with Gasteiger partial charge in [-0.2, -0.15) is 4.31 Å². The number of aliphatic hydroxyl groups excluding tert-OH is 1. The van der Waals surface area contributed by atoms with Crippen LogP contribution in [0.25, 0.3) is 0 Å². The summed E-state index contributed by atoms with van der Waals surface area (Å²) < 4.78 is 39.7. The predicted octanol–water partition coefficient (Wildman–Crippen LogP) is 3.41. The maximum atomic E-state index is 13.6. The number of nitrogens with two attached hydrogens (primary N) is 1. The second-order valence-electron chi connectivity index (χ2n) is 11.1. The maximum Gasteiger partial charge on any atom is 0.243 e. The van der Waals surface area contributed by atoms with E-state index in [0.717, 1.165) is 23.3 Å². The van der Waals surface area contributed by atoms with Crippen molar-refractivity contribution in [2.24, 2.45) is 5.92 Å². The minimum atomic E-state index is -3.92. The minimum absolute atomic E-state index is 0.0102. The highest BCUT2D eigenvalue weighted by molar-refractivity contribution is 7.89. The molecule has 0 saturated carbocycles. The molecule has 1 amide bonds. The Morgan fingerprint density at radius 3 is 2.33 bits per heavy atom. The predicted molar refractivity (Wildman–Crippen MR) is 163 cm³/mol. The fourth-order valence-electron chi connectivity index (χ4n) is 4.88. The number of nitrogens with one attached hydrogen (secondary N) is 1. The van der Waals surface area contributed by atoms with E-state index >= 15 is 0 Å². The van der Waals surface area contributed by atoms with E-state index < -0.39 is 22.2 Å². The molecule has 0 aromatic heterocycles. The van der Waals surface area contributed by atoms with E-state index in [1.165, 1.54) is 28.6 Å². The van der Waals surface area contributed by atoms with Crippen LogP contribution in [-0.4, -0.2) is 68.3 Å². The highest BCUT2D eigenvalue weighted by Crippen LogP contribution is 2.21. The Balaban J connectivity index is 1.47. The summed E-state index contributed by atoms with van der Waals surface area (Å²) in [5, 5.41) is 14.4. The first-order valence-electron chi connectivity index (χ1n) is 14.3. The molecule has 0 unspecified atom stereocenters. The Morgan fingerprint density at radius 2 is 1.71 bits per heavy atom. The Hall–Kier alpha value is -3.44. The van der Waals surface area contributed by atoms with Crippen molar-refractivity contribution in [3.05, 3.63) is 90.0 Å². The van der Waals surface area contributed by atoms with E-state index in [9.17, 15) is 18.3 Å². The molecule has 42 heavy (non-hydrogen) atoms. The quantitative estimate of drug-likeness (QED) is 0.244. The summed E-state index contributed by atoms with van der Waals surface area (Å²) in [6, 6.07) is 22.1. The van der Waals surface area contributed by atoms with Gasteiger partial charge in [0.15, 0.2) is 0 Å². The summed E-state index contributed by atoms with van der Waals surface area (Å²) in [7, 11) is -3.92. The molecule has 1 heterocycles. The normalized spacial score (nSPS) is 16.8. The molecule has 3 aromatic carbocycles. The highest BCUT2D eigenvalue weighted by atomic mass is 32.2. The van der Waals surface area contributed by atoms with E-state index in [1.54, 1.807) is 0 Å². The summed E-state index contributed by atoms with van der Waals surface area (Å²) in [6.45, 7) is 5.13. The van der Waals surface area contributed by atoms with Crippen LogP contribution in [0.1, 0.15) is 31.4 Å². The van der Waals surface area contributed by atoms with Crippen LogP contribution in [0.2, 0.25) is 0 Å². The number of hydrogen-bond acceptors (Lipinski definition) is 7. The molecule has 3 atom stereocenters. The zero-order valence-electron chi connectivity index (χ0n) is 24.2. The second kappa shape index (κ2) is 14.6. The van der Waals surface area contributed by atoms with Crippen LogP contribution in [0.4, 0.5) is 5.69 Å². The van der Waals surface area contributed by atoms with Crippen LogP contribution in [0.3, 0.4) is 0 Å². The SMILES string of the molecule is CC(C)CN(C[C@@H](O)[C@H](Cc1ccccc1)NC(=O)Cc1ccc(O[C@@H]2CCOC2)cc1)S(=O)(=O)c1ccc(N)cc1. The van der Waals surface area contributed by atoms with Gasteiger partial charge in [-0.3, -0.25) is 4.79 Å². The molecule has 10 heteroatoms. The van der Waals surface area contributed by atoms with E-state index in [1.807, 2.05) is 68.4 Å². The second-order valence-corrected chi connectivity index (χ2v) is 13.1. The van der Waals surface area contributed by atoms with Crippen molar-refractivity contribution in [2.75, 3.05) is 32.0 Å². The molecule has 1 aliphatic heterocycles. The number of nitrogens with zero attached hydrogens (tertiary/aromatic N) is 1. The van der Waals surface area contributed by atoms with Gasteiger partial charge in [0.2, 0.25) is 15.9 Å². The van der Waals surface area contributed by atoms with Crippen molar-refractivity contribution in [3.63, 3.8) is 0 Å². The van der Waals surface area contributed by atoms with Crippen LogP contribution in [0.5, 0.6) is 5.75 Å². The number of anilines is 1. The van der Waals surface area contributed by atoms with Crippen molar-refractivity contribution in [1.82, 2.24) is 9.62 Å². The molecule has 0 spiro atoms. The third-order valence-corrected chi connectivity index (χ3v) is 8.91. The number of ether oxygens (including phenoxy) is 2. The van der Waals surface area contributed by atoms with Gasteiger partial charge in [0, 0.05) is 25.2 Å². The van der Waals surface area contributed by atoms with Crippen LogP contribution in [-0.2, 0) is 32.4 Å². The first kappa shape index (κ1) is 31.5. The molecule has 9 nitrogen and oxygen atoms in total. The summed E-state index contributed by atoms with van der Waals surface area (Å²) >= 11 is 0. The number of nitrogen functional groups attached to an aromatic ring is 1. The van der Waals surface area contributed by atoms with E-state index in [0.29, 0.717) is 25.3 Å². The summed E-state index contributed by atoms with van der Waals surface area (Å²) in [5.74, 6) is 0.459. The number of benzene rings is 3. The van der Waals surface area contributed by atoms with Crippen molar-refractivity contribution >= 4 is 21.6 Å². The lowest BCUT2D eigenvalue weighted by molar-refractivity contribution is -0.122. The van der Waals surface area contributed by atoms with Gasteiger partial charge < -0.3 is 25.6 Å². The molecular weight excluding hydrogens is 554 g/mol. The lowest BCUT2D eigenvalue weighted by Gasteiger charge is -2.31. The molecule has 1 fully saturated rings. The number of sulfonamides is 1. The first-order chi connectivity index (χ1) is 20.1. The number of carbonyl (C=O) groups excluding carboxylic acids is 1. The van der Waals surface area contributed by atoms with Gasteiger partial charge in [0.25, 0.3) is 0 Å². The van der Waals surface area contributed by atoms with Crippen LogP contribution in [0, 0.1) is 5.92 Å². The van der Waals surface area contributed by atoms with Gasteiger partial charge in [-0.1, -0.05) is 56.3 Å². The van der Waals surface area contributed by atoms with Crippen molar-refractivity contribution in [2.45, 2.75) is 56.3 Å². The topological polar surface area (TPSA) is 131 Å². The summed E-state index contributed by atoms with van der Waals surface area (Å²) in [4.78, 5) is 13.3. The van der Waals surface area contributed by atoms with Gasteiger partial charge in [-0.25, -0.2) is 8.42 Å². The zero-order chi connectivity index (χ0) is 30.1. The van der Waals surface area contributed by atoms with Crippen molar-refractivity contribution in [3.8, 4) is 5.75 Å². The molecule has 226 valence electrons. The van der Waals surface area contributed by atoms with Gasteiger partial charge in [0.05, 0.1) is 36.7 Å². The van der Waals surface area contributed by atoms with Gasteiger partial charge >= 0.3 is 0 Å². The lowest BCUT2D eigenvalue weighted by Crippen LogP contribution is -2.51. The van der Waals surface area contributed by atoms with Gasteiger partial charge in [-0.05, 0) is 59.9 Å². The molecule has 4 rings (SSSR count). The number of hydrogen-bond donors (Lipinski definition) is 3. The zero-order valence-corrected chi connectivity index (χ0v) is 25.0. The fourth-order valence-corrected chi connectivity index (χ4v) is 6.50. The van der Waals surface area contributed by atoms with Crippen molar-refractivity contribution < 1.29 is 27.8 Å². The van der Waals surface area contributed by atoms with Gasteiger partial charge in [-0.15, -0.1) is 0 Å². The van der Waals surface area contributed by atoms with E-state index in [4.69, 9.17) is 15.2 Å². The van der Waals surface area contributed by atoms with E-state index in [-0.39, 0.29) is 42.3 Å². The molecule has 1 saturated heterocycles. The summed E-state index contributed by atoms with van der Waals surface area (Å²) in [6.07, 6.45) is 0.163.